The lowest BCUT2D eigenvalue weighted by Gasteiger charge is -2.52. The minimum atomic E-state index is 0.0392. The number of fused-ring (bicyclic) bond motifs is 6. The second kappa shape index (κ2) is 12.2. The molecule has 0 saturated heterocycles. The molecule has 6 atom stereocenters. The molecule has 0 heteroatoms. The summed E-state index contributed by atoms with van der Waals surface area (Å²) in [6, 6.07) is 20.8. The summed E-state index contributed by atoms with van der Waals surface area (Å²) in [6.45, 7) is 0. The van der Waals surface area contributed by atoms with E-state index in [2.05, 4.69) is 158 Å². The van der Waals surface area contributed by atoms with Gasteiger partial charge in [-0.3, -0.25) is 0 Å². The Balaban J connectivity index is 0.975. The molecule has 0 bridgehead atoms. The van der Waals surface area contributed by atoms with Crippen LogP contribution in [0, 0.1) is 5.92 Å². The van der Waals surface area contributed by atoms with Crippen molar-refractivity contribution in [3.8, 4) is 0 Å². The van der Waals surface area contributed by atoms with Crippen LogP contribution in [0.1, 0.15) is 122 Å². The van der Waals surface area contributed by atoms with Crippen LogP contribution in [0.5, 0.6) is 0 Å². The summed E-state index contributed by atoms with van der Waals surface area (Å²) in [6.07, 6.45) is 50.3. The monoisotopic (exact) mass is 1190 g/mol. The third-order valence-electron chi connectivity index (χ3n) is 30.3. The van der Waals surface area contributed by atoms with Gasteiger partial charge < -0.3 is 0 Å². The number of rotatable bonds is 0. The van der Waals surface area contributed by atoms with E-state index in [-0.39, 0.29) is 35.5 Å². The van der Waals surface area contributed by atoms with E-state index in [9.17, 15) is 0 Å². The van der Waals surface area contributed by atoms with Crippen molar-refractivity contribution < 1.29 is 0 Å². The van der Waals surface area contributed by atoms with Crippen molar-refractivity contribution in [3.63, 3.8) is 0 Å². The molecule has 14 aromatic rings. The lowest BCUT2D eigenvalue weighted by atomic mass is 9.50. The van der Waals surface area contributed by atoms with Gasteiger partial charge in [-0.2, -0.15) is 0 Å². The maximum absolute atomic E-state index is 2.84. The van der Waals surface area contributed by atoms with E-state index in [0.29, 0.717) is 0 Å². The topological polar surface area (TPSA) is 0 Å². The first kappa shape index (κ1) is 42.9. The molecule has 0 nitrogen and oxygen atoms in total. The smallest absolute Gasteiger partial charge is 0.0377 e. The highest BCUT2D eigenvalue weighted by Crippen LogP contribution is 2.76. The van der Waals surface area contributed by atoms with Crippen LogP contribution >= 0.6 is 0 Å². The summed E-state index contributed by atoms with van der Waals surface area (Å²) in [4.78, 5) is 0. The molecule has 0 saturated carbocycles. The maximum Gasteiger partial charge on any atom is 0.0377 e. The SMILES string of the molecule is C1=CC2=c3cc4c5c6c7c8c9c%10c%11c(c%12cccc(c%129)=C9C=CCC(=C6CC=C5)C98)C=c5c6c8c9c%12c%13c%14c%15c(cc%16c%17c%18c%19c(c3c3c4c7c%10c4c(c(c8%14)c(c%17%15)c%19c43)C6%11)C3=C4C6=C(C=CCC6=C6CC=CC%16=C6C4%18)C(=C1)C32)=C1C=CC=C(C2=CC=CC(=c3cccc5c39)C2%12)C1%13. The van der Waals surface area contributed by atoms with E-state index in [0.717, 1.165) is 25.7 Å². The summed E-state index contributed by atoms with van der Waals surface area (Å²) in [7, 11) is 0. The van der Waals surface area contributed by atoms with Gasteiger partial charge in [-0.15, -0.1) is 0 Å². The molecule has 34 rings (SSSR count). The third kappa shape index (κ3) is 3.42. The van der Waals surface area contributed by atoms with Crippen LogP contribution in [0.2, 0.25) is 0 Å². The van der Waals surface area contributed by atoms with Crippen LogP contribution in [0.3, 0.4) is 0 Å². The van der Waals surface area contributed by atoms with E-state index in [1.807, 2.05) is 0 Å². The van der Waals surface area contributed by atoms with Crippen molar-refractivity contribution in [1.29, 1.82) is 0 Å². The Morgan fingerprint density at radius 3 is 1.74 bits per heavy atom. The standard InChI is InChI=1S/C96H40/c1-10-31-37-16-4-22-43-49-28-51-45-24-6-18-39-33-12-2-14-35-41-20-8-26-47-53-30-54-48-27-9-21-42-36-15-3-13-34-40-19-7-25-46-52-29-50-44-23-5-17-38-32(11-1)55(31)70-73(58(37)43)82-64(49)79-66(51)84-75(60(39)45)71(56(33)35)77(62(41)47)86-68(53)81-69(54)87-78(63(42)48)72(57(34)36)76(61(40)46)85-67(52)80-65(50)83(74(70)59(38)44)91(82)94-88(79)95(92(84)86)90(81)96(89(80)94)93(85)87/h1-12,15-18,21-30,55-56,59,63,76,79H,13-14,19-20H2. The van der Waals surface area contributed by atoms with Crippen molar-refractivity contribution in [2.24, 2.45) is 5.92 Å². The number of allylic oxidation sites excluding steroid dienone is 29. The van der Waals surface area contributed by atoms with Gasteiger partial charge in [-0.05, 0) is 366 Å². The normalized spacial score (nSPS) is 25.9. The van der Waals surface area contributed by atoms with Gasteiger partial charge in [0.2, 0.25) is 0 Å². The number of hydrogen-bond donors (Lipinski definition) is 0. The van der Waals surface area contributed by atoms with Crippen molar-refractivity contribution >= 4 is 191 Å². The van der Waals surface area contributed by atoms with E-state index < -0.39 is 0 Å². The van der Waals surface area contributed by atoms with Crippen LogP contribution in [0.4, 0.5) is 0 Å². The predicted octanol–water partition coefficient (Wildman–Crippen LogP) is 19.0. The second-order valence-corrected chi connectivity index (χ2v) is 32.5. The van der Waals surface area contributed by atoms with Gasteiger partial charge in [-0.1, -0.05) is 145 Å². The Morgan fingerprint density at radius 1 is 0.302 bits per heavy atom. The highest BCUT2D eigenvalue weighted by Gasteiger charge is 2.57. The van der Waals surface area contributed by atoms with Gasteiger partial charge in [-0.25, -0.2) is 0 Å². The molecule has 0 spiro atoms. The molecule has 424 valence electrons. The van der Waals surface area contributed by atoms with Crippen LogP contribution in [-0.2, 0) is 0 Å². The molecule has 0 heterocycles. The maximum atomic E-state index is 2.84. The average molecular weight is 1190 g/mol. The van der Waals surface area contributed by atoms with Crippen LogP contribution in [0.25, 0.3) is 191 Å². The minimum absolute atomic E-state index is 0.0392. The van der Waals surface area contributed by atoms with Gasteiger partial charge in [0.25, 0.3) is 0 Å². The van der Waals surface area contributed by atoms with E-state index in [1.165, 1.54) is 120 Å². The summed E-state index contributed by atoms with van der Waals surface area (Å²) in [5.41, 5.74) is 45.8. The molecule has 0 N–H and O–H groups in total. The van der Waals surface area contributed by atoms with Crippen molar-refractivity contribution in [2.75, 3.05) is 0 Å². The molecule has 20 aliphatic carbocycles. The summed E-state index contributed by atoms with van der Waals surface area (Å²) in [5, 5.41) is 48.3. The molecule has 20 aliphatic rings. The fourth-order valence-corrected chi connectivity index (χ4v) is 28.3. The van der Waals surface area contributed by atoms with Crippen molar-refractivity contribution in [2.45, 2.75) is 55.3 Å². The van der Waals surface area contributed by atoms with Gasteiger partial charge in [0.1, 0.15) is 0 Å². The van der Waals surface area contributed by atoms with Crippen LogP contribution < -0.4 is 26.1 Å². The largest absolute Gasteiger partial charge is 0.0801 e. The Bertz CT molecular complexity index is 8240. The summed E-state index contributed by atoms with van der Waals surface area (Å²) in [5.74, 6) is 0.847. The number of hydrogen-bond acceptors (Lipinski definition) is 0. The lowest BCUT2D eigenvalue weighted by molar-refractivity contribution is 0.828. The molecule has 0 radical (unpaired) electrons. The zero-order valence-electron chi connectivity index (χ0n) is 51.3. The molecule has 96 heavy (non-hydrogen) atoms. The Hall–Kier alpha value is -11.2. The minimum Gasteiger partial charge on any atom is -0.0801 e. The van der Waals surface area contributed by atoms with Gasteiger partial charge in [0.05, 0.1) is 0 Å². The van der Waals surface area contributed by atoms with Crippen molar-refractivity contribution in [3.05, 3.63) is 294 Å². The third-order valence-corrected chi connectivity index (χ3v) is 30.3. The molecule has 0 amide bonds. The van der Waals surface area contributed by atoms with E-state index in [4.69, 9.17) is 0 Å². The molecule has 0 fully saturated rings. The zero-order chi connectivity index (χ0) is 59.3. The molecular weight excluding hydrogens is 1150 g/mol. The fraction of sp³-hybridized carbons (Fsp3) is 0.104. The Labute approximate surface area is 543 Å². The quantitative estimate of drug-likeness (QED) is 0.105. The number of benzene rings is 14. The molecular formula is C96H40. The molecule has 0 aliphatic heterocycles. The molecule has 14 aromatic carbocycles. The van der Waals surface area contributed by atoms with E-state index in [1.54, 1.807) is 208 Å². The molecule has 6 unspecified atom stereocenters. The van der Waals surface area contributed by atoms with Gasteiger partial charge in [0.15, 0.2) is 0 Å². The fourth-order valence-electron chi connectivity index (χ4n) is 28.3. The first-order chi connectivity index (χ1) is 47.8. The second-order valence-electron chi connectivity index (χ2n) is 32.5. The van der Waals surface area contributed by atoms with Crippen LogP contribution in [0.15, 0.2) is 201 Å². The average Bonchev–Trinajstić information content (AvgIpc) is 0.612. The predicted molar refractivity (Wildman–Crippen MR) is 395 cm³/mol. The molecule has 0 aromatic heterocycles. The van der Waals surface area contributed by atoms with Crippen LogP contribution in [-0.4, -0.2) is 0 Å². The first-order valence-corrected chi connectivity index (χ1v) is 35.9. The Morgan fingerprint density at radius 2 is 0.885 bits per heavy atom. The summed E-state index contributed by atoms with van der Waals surface area (Å²) < 4.78 is 0. The lowest BCUT2D eigenvalue weighted by Crippen LogP contribution is -2.37. The van der Waals surface area contributed by atoms with Gasteiger partial charge >= 0.3 is 0 Å². The Kier molecular flexibility index (Phi) is 5.47. The summed E-state index contributed by atoms with van der Waals surface area (Å²) >= 11 is 0. The highest BCUT2D eigenvalue weighted by atomic mass is 14.6. The highest BCUT2D eigenvalue weighted by molar-refractivity contribution is 6.58. The van der Waals surface area contributed by atoms with Gasteiger partial charge in [0, 0.05) is 35.5 Å². The van der Waals surface area contributed by atoms with Crippen molar-refractivity contribution in [1.82, 2.24) is 0 Å². The zero-order valence-corrected chi connectivity index (χ0v) is 51.3. The van der Waals surface area contributed by atoms with E-state index >= 15 is 0 Å². The first-order valence-electron chi connectivity index (χ1n) is 35.9.